The van der Waals surface area contributed by atoms with Crippen LogP contribution in [0.5, 0.6) is 0 Å². The summed E-state index contributed by atoms with van der Waals surface area (Å²) >= 11 is 0. The Morgan fingerprint density at radius 2 is 1.75 bits per heavy atom. The maximum Gasteiger partial charge on any atom is 0.329 e. The van der Waals surface area contributed by atoms with Crippen LogP contribution in [0.2, 0.25) is 0 Å². The molecule has 8 nitrogen and oxygen atoms in total. The van der Waals surface area contributed by atoms with Crippen molar-refractivity contribution < 1.29 is 21.8 Å². The minimum atomic E-state index is -2.88. The van der Waals surface area contributed by atoms with E-state index in [0.29, 0.717) is 38.3 Å². The molecule has 0 fully saturated rings. The predicted molar refractivity (Wildman–Crippen MR) is 126 cm³/mol. The number of alkyl halides is 2. The van der Waals surface area contributed by atoms with Gasteiger partial charge in [-0.3, -0.25) is 18.3 Å². The fraction of sp³-hybridized carbons (Fsp3) is 0.167. The fourth-order valence-corrected chi connectivity index (χ4v) is 4.39. The summed E-state index contributed by atoms with van der Waals surface area (Å²) in [6.45, 7) is 0.0539. The Kier molecular flexibility index (Phi) is 6.04. The zero-order valence-corrected chi connectivity index (χ0v) is 19.8. The molecule has 2 aromatic carbocycles. The van der Waals surface area contributed by atoms with Crippen molar-refractivity contribution in [3.05, 3.63) is 82.6 Å². The Morgan fingerprint density at radius 3 is 2.36 bits per heavy atom. The van der Waals surface area contributed by atoms with E-state index >= 15 is 4.39 Å². The van der Waals surface area contributed by atoms with Crippen molar-refractivity contribution in [1.82, 2.24) is 24.3 Å². The van der Waals surface area contributed by atoms with Crippen molar-refractivity contribution >= 4 is 21.8 Å². The van der Waals surface area contributed by atoms with Crippen molar-refractivity contribution in [2.75, 3.05) is 6.26 Å². The maximum absolute atomic E-state index is 15.1. The summed E-state index contributed by atoms with van der Waals surface area (Å²) in [4.78, 5) is 17.9. The first-order valence-corrected chi connectivity index (χ1v) is 12.2. The van der Waals surface area contributed by atoms with Crippen molar-refractivity contribution in [3.63, 3.8) is 0 Å². The minimum absolute atomic E-state index is 0.0539. The normalized spacial score (nSPS) is 12.5. The molecule has 5 aromatic rings. The predicted octanol–water partition coefficient (Wildman–Crippen LogP) is 4.31. The molecule has 3 aromatic heterocycles. The van der Waals surface area contributed by atoms with Crippen LogP contribution < -0.4 is 5.69 Å². The van der Waals surface area contributed by atoms with Crippen LogP contribution in [-0.4, -0.2) is 34.8 Å². The van der Waals surface area contributed by atoms with Crippen LogP contribution in [-0.2, 0) is 24.4 Å². The van der Waals surface area contributed by atoms with Gasteiger partial charge in [-0.15, -0.1) is 10.2 Å². The fourth-order valence-electron chi connectivity index (χ4n) is 3.87. The Morgan fingerprint density at radius 1 is 1.03 bits per heavy atom. The molecule has 0 aliphatic carbocycles. The third-order valence-corrected chi connectivity index (χ3v) is 6.69. The van der Waals surface area contributed by atoms with E-state index in [4.69, 9.17) is 4.42 Å². The van der Waals surface area contributed by atoms with E-state index in [-0.39, 0.29) is 18.1 Å². The SMILES string of the molecule is Cn1c(=O)n(Cc2ccc(-c3nnc(C(F)F)o3)cn2)c2cc(F)c(-c3ccc(S(C)=O)cc3)cc21. The molecule has 0 aliphatic heterocycles. The molecule has 0 N–H and O–H groups in total. The highest BCUT2D eigenvalue weighted by molar-refractivity contribution is 7.84. The molecule has 1 unspecified atom stereocenters. The van der Waals surface area contributed by atoms with Crippen LogP contribution in [0.4, 0.5) is 13.2 Å². The lowest BCUT2D eigenvalue weighted by Crippen LogP contribution is -2.23. The van der Waals surface area contributed by atoms with Crippen molar-refractivity contribution in [2.45, 2.75) is 17.9 Å². The summed E-state index contributed by atoms with van der Waals surface area (Å²) < 4.78 is 59.9. The van der Waals surface area contributed by atoms with Crippen LogP contribution in [0.25, 0.3) is 33.6 Å². The van der Waals surface area contributed by atoms with E-state index in [1.807, 2.05) is 0 Å². The minimum Gasteiger partial charge on any atom is -0.415 e. The number of hydrogen-bond acceptors (Lipinski definition) is 6. The van der Waals surface area contributed by atoms with E-state index in [1.165, 1.54) is 21.4 Å². The average Bonchev–Trinajstić information content (AvgIpc) is 3.45. The molecule has 0 amide bonds. The number of benzene rings is 2. The number of fused-ring (bicyclic) bond motifs is 1. The lowest BCUT2D eigenvalue weighted by molar-refractivity contribution is 0.116. The first-order valence-electron chi connectivity index (χ1n) is 10.6. The molecule has 0 saturated carbocycles. The Balaban J connectivity index is 1.48. The number of aryl methyl sites for hydroxylation is 1. The van der Waals surface area contributed by atoms with E-state index in [1.54, 1.807) is 55.8 Å². The Hall–Kier alpha value is -4.06. The van der Waals surface area contributed by atoms with Gasteiger partial charge in [-0.2, -0.15) is 8.78 Å². The second-order valence-electron chi connectivity index (χ2n) is 8.01. The summed E-state index contributed by atoms with van der Waals surface area (Å²) in [6.07, 6.45) is 0.0652. The standard InChI is InChI=1S/C24H18F3N5O3S/c1-31-19-9-17(13-4-7-16(8-5-13)36(2)34)18(25)10-20(19)32(24(31)33)12-15-6-3-14(11-28-15)22-29-30-23(35-22)21(26)27/h3-11,21H,12H2,1-2H3. The number of rotatable bonds is 6. The van der Waals surface area contributed by atoms with Gasteiger partial charge in [-0.1, -0.05) is 12.1 Å². The molecule has 12 heteroatoms. The quantitative estimate of drug-likeness (QED) is 0.336. The highest BCUT2D eigenvalue weighted by Gasteiger charge is 2.19. The summed E-state index contributed by atoms with van der Waals surface area (Å²) in [5.74, 6) is -1.39. The molecule has 0 bridgehead atoms. The first kappa shape index (κ1) is 23.7. The van der Waals surface area contributed by atoms with Crippen LogP contribution in [0.1, 0.15) is 18.0 Å². The molecule has 0 saturated heterocycles. The van der Waals surface area contributed by atoms with Crippen LogP contribution in [0.15, 0.2) is 68.8 Å². The average molecular weight is 514 g/mol. The van der Waals surface area contributed by atoms with Crippen LogP contribution in [0.3, 0.4) is 0 Å². The number of nitrogens with zero attached hydrogens (tertiary/aromatic N) is 5. The molecule has 5 rings (SSSR count). The van der Waals surface area contributed by atoms with Gasteiger partial charge in [0, 0.05) is 46.8 Å². The van der Waals surface area contributed by atoms with Crippen LogP contribution >= 0.6 is 0 Å². The van der Waals surface area contributed by atoms with Gasteiger partial charge in [0.05, 0.1) is 28.8 Å². The second-order valence-corrected chi connectivity index (χ2v) is 9.39. The molecular weight excluding hydrogens is 495 g/mol. The molecule has 0 aliphatic rings. The van der Waals surface area contributed by atoms with Gasteiger partial charge >= 0.3 is 12.1 Å². The molecule has 1 atom stereocenters. The highest BCUT2D eigenvalue weighted by Crippen LogP contribution is 2.29. The monoisotopic (exact) mass is 513 g/mol. The van der Waals surface area contributed by atoms with Gasteiger partial charge in [0.15, 0.2) is 0 Å². The number of pyridine rings is 1. The van der Waals surface area contributed by atoms with Gasteiger partial charge < -0.3 is 4.42 Å². The van der Waals surface area contributed by atoms with Gasteiger partial charge in [0.1, 0.15) is 5.82 Å². The van der Waals surface area contributed by atoms with E-state index in [9.17, 15) is 17.8 Å². The highest BCUT2D eigenvalue weighted by atomic mass is 32.2. The zero-order valence-electron chi connectivity index (χ0n) is 19.0. The third kappa shape index (κ3) is 4.24. The molecule has 36 heavy (non-hydrogen) atoms. The van der Waals surface area contributed by atoms with Gasteiger partial charge in [-0.25, -0.2) is 9.18 Å². The molecule has 3 heterocycles. The number of halogens is 3. The van der Waals surface area contributed by atoms with Crippen LogP contribution in [0, 0.1) is 5.82 Å². The summed E-state index contributed by atoms with van der Waals surface area (Å²) in [5, 5.41) is 6.87. The number of hydrogen-bond donors (Lipinski definition) is 0. The van der Waals surface area contributed by atoms with E-state index < -0.39 is 28.9 Å². The second kappa shape index (κ2) is 9.19. The topological polar surface area (TPSA) is 95.8 Å². The first-order chi connectivity index (χ1) is 17.2. The lowest BCUT2D eigenvalue weighted by Gasteiger charge is -2.07. The molecule has 184 valence electrons. The van der Waals surface area contributed by atoms with Crippen molar-refractivity contribution in [3.8, 4) is 22.6 Å². The Labute approximate surface area is 204 Å². The zero-order chi connectivity index (χ0) is 25.6. The molecule has 0 radical (unpaired) electrons. The number of imidazole rings is 1. The van der Waals surface area contributed by atoms with Gasteiger partial charge in [-0.05, 0) is 35.9 Å². The van der Waals surface area contributed by atoms with Crippen molar-refractivity contribution in [1.29, 1.82) is 0 Å². The molecular formula is C24H18F3N5O3S. The smallest absolute Gasteiger partial charge is 0.329 e. The number of aromatic nitrogens is 5. The van der Waals surface area contributed by atoms with Gasteiger partial charge in [0.25, 0.3) is 5.89 Å². The van der Waals surface area contributed by atoms with Crippen molar-refractivity contribution in [2.24, 2.45) is 7.05 Å². The van der Waals surface area contributed by atoms with E-state index in [2.05, 4.69) is 15.2 Å². The van der Waals surface area contributed by atoms with Gasteiger partial charge in [0.2, 0.25) is 5.89 Å². The molecule has 0 spiro atoms. The summed E-state index contributed by atoms with van der Waals surface area (Å²) in [7, 11) is 0.448. The Bertz CT molecular complexity index is 1660. The summed E-state index contributed by atoms with van der Waals surface area (Å²) in [5.41, 5.74) is 2.29. The lowest BCUT2D eigenvalue weighted by atomic mass is 10.0. The van der Waals surface area contributed by atoms with E-state index in [0.717, 1.165) is 0 Å². The maximum atomic E-state index is 15.1. The third-order valence-electron chi connectivity index (χ3n) is 5.75. The largest absolute Gasteiger partial charge is 0.415 e. The summed E-state index contributed by atoms with van der Waals surface area (Å²) in [6, 6.07) is 12.8.